The average Bonchev–Trinajstić information content (AvgIpc) is 2.45. The van der Waals surface area contributed by atoms with Crippen molar-refractivity contribution in [1.82, 2.24) is 0 Å². The molecule has 1 aliphatic rings. The number of ether oxygens (including phenoxy) is 1. The summed E-state index contributed by atoms with van der Waals surface area (Å²) in [5, 5.41) is 8.22. The van der Waals surface area contributed by atoms with Crippen molar-refractivity contribution in [2.24, 2.45) is 0 Å². The van der Waals surface area contributed by atoms with E-state index < -0.39 is 5.97 Å². The standard InChI is InChI=1S/C6H8O3/c1-2-4-5(9-4)3-6(7)8/h2,4-5H,1,3H2,(H,7,8)/t4-,5-/m0/s1. The summed E-state index contributed by atoms with van der Waals surface area (Å²) < 4.78 is 4.88. The lowest BCUT2D eigenvalue weighted by atomic mass is 10.2. The van der Waals surface area contributed by atoms with E-state index in [4.69, 9.17) is 9.84 Å². The second-order valence-corrected chi connectivity index (χ2v) is 1.97. The Morgan fingerprint density at radius 1 is 1.89 bits per heavy atom. The lowest BCUT2D eigenvalue weighted by Gasteiger charge is -1.82. The average molecular weight is 128 g/mol. The molecule has 0 aromatic heterocycles. The van der Waals surface area contributed by atoms with Crippen molar-refractivity contribution in [2.75, 3.05) is 0 Å². The van der Waals surface area contributed by atoms with E-state index in [1.807, 2.05) is 0 Å². The Kier molecular flexibility index (Phi) is 1.53. The van der Waals surface area contributed by atoms with E-state index in [9.17, 15) is 4.79 Å². The predicted octanol–water partition coefficient (Wildman–Crippen LogP) is 0.414. The Labute approximate surface area is 52.9 Å². The summed E-state index contributed by atoms with van der Waals surface area (Å²) in [5.41, 5.74) is 0. The molecule has 9 heavy (non-hydrogen) atoms. The van der Waals surface area contributed by atoms with Gasteiger partial charge in [0.2, 0.25) is 0 Å². The van der Waals surface area contributed by atoms with Gasteiger partial charge < -0.3 is 9.84 Å². The van der Waals surface area contributed by atoms with Gasteiger partial charge in [-0.1, -0.05) is 6.08 Å². The zero-order chi connectivity index (χ0) is 6.85. The summed E-state index contributed by atoms with van der Waals surface area (Å²) in [4.78, 5) is 10.00. The van der Waals surface area contributed by atoms with Gasteiger partial charge in [-0.3, -0.25) is 4.79 Å². The Balaban J connectivity index is 2.19. The number of epoxide rings is 1. The molecule has 50 valence electrons. The molecular weight excluding hydrogens is 120 g/mol. The summed E-state index contributed by atoms with van der Waals surface area (Å²) in [6.45, 7) is 3.46. The molecule has 0 aromatic carbocycles. The fraction of sp³-hybridized carbons (Fsp3) is 0.500. The molecule has 0 bridgehead atoms. The summed E-state index contributed by atoms with van der Waals surface area (Å²) in [6, 6.07) is 0. The SMILES string of the molecule is C=C[C@@H]1O[C@H]1CC(=O)O. The number of aliphatic carboxylic acids is 1. The Hall–Kier alpha value is -0.830. The van der Waals surface area contributed by atoms with Gasteiger partial charge in [-0.05, 0) is 0 Å². The lowest BCUT2D eigenvalue weighted by Crippen LogP contribution is -2.01. The minimum atomic E-state index is -0.815. The van der Waals surface area contributed by atoms with Crippen molar-refractivity contribution in [3.05, 3.63) is 12.7 Å². The molecule has 0 aromatic rings. The number of carboxylic acids is 1. The van der Waals surface area contributed by atoms with Gasteiger partial charge in [0.25, 0.3) is 0 Å². The third-order valence-electron chi connectivity index (χ3n) is 1.23. The molecule has 3 heteroatoms. The highest BCUT2D eigenvalue weighted by molar-refractivity contribution is 5.68. The normalized spacial score (nSPS) is 31.6. The highest BCUT2D eigenvalue weighted by atomic mass is 16.6. The number of carboxylic acid groups (broad SMARTS) is 1. The first kappa shape index (κ1) is 6.29. The monoisotopic (exact) mass is 128 g/mol. The van der Waals surface area contributed by atoms with Gasteiger partial charge in [0, 0.05) is 0 Å². The molecule has 0 spiro atoms. The largest absolute Gasteiger partial charge is 0.481 e. The molecule has 3 nitrogen and oxygen atoms in total. The molecule has 2 atom stereocenters. The van der Waals surface area contributed by atoms with Crippen molar-refractivity contribution in [3.63, 3.8) is 0 Å². The van der Waals surface area contributed by atoms with Crippen LogP contribution in [-0.2, 0) is 9.53 Å². The predicted molar refractivity (Wildman–Crippen MR) is 31.1 cm³/mol. The third-order valence-corrected chi connectivity index (χ3v) is 1.23. The first-order valence-electron chi connectivity index (χ1n) is 2.74. The molecule has 0 amide bonds. The summed E-state index contributed by atoms with van der Waals surface area (Å²) >= 11 is 0. The van der Waals surface area contributed by atoms with Gasteiger partial charge in [0.15, 0.2) is 0 Å². The second kappa shape index (κ2) is 2.19. The highest BCUT2D eigenvalue weighted by Crippen LogP contribution is 2.25. The second-order valence-electron chi connectivity index (χ2n) is 1.97. The number of hydrogen-bond acceptors (Lipinski definition) is 2. The Morgan fingerprint density at radius 2 is 2.56 bits per heavy atom. The zero-order valence-corrected chi connectivity index (χ0v) is 4.91. The van der Waals surface area contributed by atoms with Crippen LogP contribution in [0.25, 0.3) is 0 Å². The molecule has 1 heterocycles. The van der Waals surface area contributed by atoms with Crippen LogP contribution in [-0.4, -0.2) is 23.3 Å². The zero-order valence-electron chi connectivity index (χ0n) is 4.91. The van der Waals surface area contributed by atoms with Crippen LogP contribution >= 0.6 is 0 Å². The van der Waals surface area contributed by atoms with Crippen LogP contribution in [0.1, 0.15) is 6.42 Å². The molecule has 1 fully saturated rings. The van der Waals surface area contributed by atoms with Gasteiger partial charge >= 0.3 is 5.97 Å². The summed E-state index contributed by atoms with van der Waals surface area (Å²) in [7, 11) is 0. The third kappa shape index (κ3) is 1.54. The van der Waals surface area contributed by atoms with E-state index >= 15 is 0 Å². The molecule has 0 unspecified atom stereocenters. The minimum Gasteiger partial charge on any atom is -0.481 e. The Bertz CT molecular complexity index is 141. The van der Waals surface area contributed by atoms with Crippen molar-refractivity contribution < 1.29 is 14.6 Å². The van der Waals surface area contributed by atoms with Crippen molar-refractivity contribution in [3.8, 4) is 0 Å². The number of carbonyl (C=O) groups is 1. The number of rotatable bonds is 3. The van der Waals surface area contributed by atoms with Crippen LogP contribution in [0.3, 0.4) is 0 Å². The maximum absolute atomic E-state index is 10.00. The summed E-state index contributed by atoms with van der Waals surface area (Å²) in [5.74, 6) is -0.815. The van der Waals surface area contributed by atoms with E-state index in [1.165, 1.54) is 0 Å². The van der Waals surface area contributed by atoms with E-state index in [2.05, 4.69) is 6.58 Å². The maximum atomic E-state index is 10.00. The molecule has 1 aliphatic heterocycles. The van der Waals surface area contributed by atoms with Crippen LogP contribution in [0.15, 0.2) is 12.7 Å². The van der Waals surface area contributed by atoms with Crippen LogP contribution < -0.4 is 0 Å². The molecule has 1 saturated heterocycles. The van der Waals surface area contributed by atoms with Gasteiger partial charge in [-0.25, -0.2) is 0 Å². The lowest BCUT2D eigenvalue weighted by molar-refractivity contribution is -0.137. The first-order chi connectivity index (χ1) is 4.24. The molecular formula is C6H8O3. The smallest absolute Gasteiger partial charge is 0.306 e. The van der Waals surface area contributed by atoms with Gasteiger partial charge in [-0.15, -0.1) is 6.58 Å². The minimum absolute atomic E-state index is 0.0129. The van der Waals surface area contributed by atoms with Crippen LogP contribution in [0, 0.1) is 0 Å². The van der Waals surface area contributed by atoms with Crippen LogP contribution in [0.2, 0.25) is 0 Å². The summed E-state index contributed by atoms with van der Waals surface area (Å²) in [6.07, 6.45) is 1.59. The maximum Gasteiger partial charge on any atom is 0.306 e. The topological polar surface area (TPSA) is 49.8 Å². The van der Waals surface area contributed by atoms with E-state index in [0.717, 1.165) is 0 Å². The van der Waals surface area contributed by atoms with Crippen molar-refractivity contribution in [2.45, 2.75) is 18.6 Å². The van der Waals surface area contributed by atoms with Gasteiger partial charge in [-0.2, -0.15) is 0 Å². The van der Waals surface area contributed by atoms with Crippen LogP contribution in [0.4, 0.5) is 0 Å². The first-order valence-corrected chi connectivity index (χ1v) is 2.74. The van der Waals surface area contributed by atoms with Crippen molar-refractivity contribution in [1.29, 1.82) is 0 Å². The van der Waals surface area contributed by atoms with Crippen molar-refractivity contribution >= 4 is 5.97 Å². The highest BCUT2D eigenvalue weighted by Gasteiger charge is 2.37. The van der Waals surface area contributed by atoms with E-state index in [-0.39, 0.29) is 18.6 Å². The van der Waals surface area contributed by atoms with E-state index in [0.29, 0.717) is 0 Å². The van der Waals surface area contributed by atoms with Gasteiger partial charge in [0.05, 0.1) is 12.5 Å². The molecule has 1 N–H and O–H groups in total. The van der Waals surface area contributed by atoms with E-state index in [1.54, 1.807) is 6.08 Å². The molecule has 0 aliphatic carbocycles. The molecule has 0 saturated carbocycles. The fourth-order valence-electron chi connectivity index (χ4n) is 0.700. The van der Waals surface area contributed by atoms with Gasteiger partial charge in [0.1, 0.15) is 6.10 Å². The van der Waals surface area contributed by atoms with Crippen LogP contribution in [0.5, 0.6) is 0 Å². The number of hydrogen-bond donors (Lipinski definition) is 1. The Morgan fingerprint density at radius 3 is 2.89 bits per heavy atom. The fourth-order valence-corrected chi connectivity index (χ4v) is 0.700. The molecule has 0 radical (unpaired) electrons. The quantitative estimate of drug-likeness (QED) is 0.442. The molecule has 1 rings (SSSR count).